The van der Waals surface area contributed by atoms with E-state index in [-0.39, 0.29) is 18.2 Å². The molecule has 1 spiro atoms. The minimum atomic E-state index is -2.91. The van der Waals surface area contributed by atoms with Gasteiger partial charge in [-0.25, -0.2) is 4.79 Å². The smallest absolute Gasteiger partial charge is 0.387 e. The molecular formula is C25H28F2N4O4. The molecule has 2 saturated heterocycles. The van der Waals surface area contributed by atoms with Crippen LogP contribution in [0.1, 0.15) is 40.7 Å². The summed E-state index contributed by atoms with van der Waals surface area (Å²) in [7, 11) is 0. The molecular weight excluding hydrogens is 458 g/mol. The second-order valence-corrected chi connectivity index (χ2v) is 8.89. The molecule has 2 aromatic carbocycles. The van der Waals surface area contributed by atoms with Gasteiger partial charge < -0.3 is 20.7 Å². The molecule has 4 rings (SSSR count). The largest absolute Gasteiger partial charge is 0.435 e. The number of nitrogens with two attached hydrogens (primary N) is 1. The highest BCUT2D eigenvalue weighted by molar-refractivity contribution is 6.07. The highest BCUT2D eigenvalue weighted by Gasteiger charge is 2.52. The number of ether oxygens (including phenoxy) is 1. The Morgan fingerprint density at radius 3 is 2.43 bits per heavy atom. The van der Waals surface area contributed by atoms with Crippen LogP contribution in [0.5, 0.6) is 5.75 Å². The van der Waals surface area contributed by atoms with Gasteiger partial charge in [-0.15, -0.1) is 0 Å². The third-order valence-electron chi connectivity index (χ3n) is 6.65. The van der Waals surface area contributed by atoms with Crippen molar-refractivity contribution in [2.45, 2.75) is 44.4 Å². The molecule has 0 unspecified atom stereocenters. The molecule has 0 saturated carbocycles. The fraction of sp³-hybridized carbons (Fsp3) is 0.400. The molecule has 2 aromatic rings. The summed E-state index contributed by atoms with van der Waals surface area (Å²) in [4.78, 5) is 40.8. The van der Waals surface area contributed by atoms with Gasteiger partial charge in [0.05, 0.1) is 6.54 Å². The SMILES string of the molecule is NC(=O)c1ccccc1CCCN1CCC2(CC1)NC(=O)N(Cc1ccc(OC(F)F)cc1)C2=O. The van der Waals surface area contributed by atoms with E-state index < -0.39 is 24.1 Å². The molecule has 2 heterocycles. The highest BCUT2D eigenvalue weighted by Crippen LogP contribution is 2.31. The second-order valence-electron chi connectivity index (χ2n) is 8.89. The molecule has 0 aliphatic carbocycles. The molecule has 2 aliphatic heterocycles. The Morgan fingerprint density at radius 2 is 1.77 bits per heavy atom. The van der Waals surface area contributed by atoms with Gasteiger partial charge in [-0.05, 0) is 61.6 Å². The molecule has 2 fully saturated rings. The summed E-state index contributed by atoms with van der Waals surface area (Å²) >= 11 is 0. The van der Waals surface area contributed by atoms with Crippen LogP contribution in [0.15, 0.2) is 48.5 Å². The van der Waals surface area contributed by atoms with E-state index >= 15 is 0 Å². The van der Waals surface area contributed by atoms with Crippen LogP contribution in [0.2, 0.25) is 0 Å². The fourth-order valence-electron chi connectivity index (χ4n) is 4.75. The zero-order valence-electron chi connectivity index (χ0n) is 19.2. The monoisotopic (exact) mass is 486 g/mol. The first kappa shape index (κ1) is 24.6. The molecule has 8 nitrogen and oxygen atoms in total. The first-order chi connectivity index (χ1) is 16.8. The zero-order chi connectivity index (χ0) is 25.0. The van der Waals surface area contributed by atoms with Crippen molar-refractivity contribution < 1.29 is 27.9 Å². The molecule has 3 N–H and O–H groups in total. The first-order valence-corrected chi connectivity index (χ1v) is 11.6. The maximum atomic E-state index is 13.2. The van der Waals surface area contributed by atoms with E-state index in [1.54, 1.807) is 24.3 Å². The van der Waals surface area contributed by atoms with E-state index in [4.69, 9.17) is 5.73 Å². The Kier molecular flexibility index (Phi) is 7.30. The summed E-state index contributed by atoms with van der Waals surface area (Å²) in [5.74, 6) is -0.675. The number of piperidine rings is 1. The number of hydrogen-bond donors (Lipinski definition) is 2. The molecule has 10 heteroatoms. The van der Waals surface area contributed by atoms with E-state index in [0.717, 1.165) is 24.9 Å². The van der Waals surface area contributed by atoms with E-state index in [2.05, 4.69) is 15.0 Å². The van der Waals surface area contributed by atoms with Crippen LogP contribution in [0.25, 0.3) is 0 Å². The van der Waals surface area contributed by atoms with Gasteiger partial charge in [0.2, 0.25) is 5.91 Å². The number of nitrogens with one attached hydrogen (secondary N) is 1. The van der Waals surface area contributed by atoms with Crippen molar-refractivity contribution >= 4 is 17.8 Å². The molecule has 186 valence electrons. The minimum absolute atomic E-state index is 0.0166. The lowest BCUT2D eigenvalue weighted by Gasteiger charge is -2.37. The number of benzene rings is 2. The Hall–Kier alpha value is -3.53. The van der Waals surface area contributed by atoms with Crippen LogP contribution in [0.3, 0.4) is 0 Å². The molecule has 0 atom stereocenters. The van der Waals surface area contributed by atoms with Crippen LogP contribution in [-0.2, 0) is 17.8 Å². The number of imide groups is 1. The standard InChI is InChI=1S/C25H28F2N4O4/c26-23(27)35-19-9-7-17(8-10-19)16-31-22(33)25(29-24(31)34)11-14-30(15-12-25)13-3-5-18-4-1-2-6-20(18)21(28)32/h1-2,4,6-10,23H,3,5,11-16H2,(H2,28,32)(H,29,34). The summed E-state index contributed by atoms with van der Waals surface area (Å²) in [6.07, 6.45) is 2.58. The number of carbonyl (C=O) groups is 3. The van der Waals surface area contributed by atoms with Crippen molar-refractivity contribution in [2.24, 2.45) is 5.73 Å². The summed E-state index contributed by atoms with van der Waals surface area (Å²) in [5, 5.41) is 2.88. The number of amides is 4. The molecule has 4 amide bonds. The molecule has 0 bridgehead atoms. The quantitative estimate of drug-likeness (QED) is 0.531. The van der Waals surface area contributed by atoms with E-state index in [9.17, 15) is 23.2 Å². The fourth-order valence-corrected chi connectivity index (χ4v) is 4.75. The normalized spacial score (nSPS) is 17.7. The number of primary amides is 1. The number of halogens is 2. The third-order valence-corrected chi connectivity index (χ3v) is 6.65. The number of likely N-dealkylation sites (tertiary alicyclic amines) is 1. The molecule has 0 radical (unpaired) electrons. The van der Waals surface area contributed by atoms with Gasteiger partial charge in [0.1, 0.15) is 11.3 Å². The van der Waals surface area contributed by atoms with Gasteiger partial charge in [0, 0.05) is 18.7 Å². The lowest BCUT2D eigenvalue weighted by atomic mass is 9.87. The van der Waals surface area contributed by atoms with Crippen LogP contribution in [0.4, 0.5) is 13.6 Å². The molecule has 2 aliphatic rings. The average Bonchev–Trinajstić information content (AvgIpc) is 3.05. The third kappa shape index (κ3) is 5.59. The number of nitrogens with zero attached hydrogens (tertiary/aromatic N) is 2. The maximum absolute atomic E-state index is 13.2. The van der Waals surface area contributed by atoms with Gasteiger partial charge in [0.15, 0.2) is 0 Å². The van der Waals surface area contributed by atoms with E-state index in [1.807, 2.05) is 12.1 Å². The number of alkyl halides is 2. The van der Waals surface area contributed by atoms with Gasteiger partial charge in [-0.1, -0.05) is 30.3 Å². The molecule has 35 heavy (non-hydrogen) atoms. The predicted octanol–water partition coefficient (Wildman–Crippen LogP) is 2.91. The van der Waals surface area contributed by atoms with Crippen LogP contribution >= 0.6 is 0 Å². The second kappa shape index (κ2) is 10.4. The van der Waals surface area contributed by atoms with Gasteiger partial charge in [-0.3, -0.25) is 14.5 Å². The number of hydrogen-bond acceptors (Lipinski definition) is 5. The number of aryl methyl sites for hydroxylation is 1. The highest BCUT2D eigenvalue weighted by atomic mass is 19.3. The van der Waals surface area contributed by atoms with Crippen molar-refractivity contribution in [3.63, 3.8) is 0 Å². The summed E-state index contributed by atoms with van der Waals surface area (Å²) in [6, 6.07) is 12.8. The Balaban J connectivity index is 1.29. The summed E-state index contributed by atoms with van der Waals surface area (Å²) in [5.41, 5.74) is 6.65. The average molecular weight is 487 g/mol. The van der Waals surface area contributed by atoms with Crippen LogP contribution in [-0.4, -0.2) is 59.4 Å². The van der Waals surface area contributed by atoms with Gasteiger partial charge in [0.25, 0.3) is 5.91 Å². The van der Waals surface area contributed by atoms with Crippen molar-refractivity contribution in [3.8, 4) is 5.75 Å². The van der Waals surface area contributed by atoms with E-state index in [1.165, 1.54) is 17.0 Å². The van der Waals surface area contributed by atoms with Gasteiger partial charge in [-0.2, -0.15) is 8.78 Å². The van der Waals surface area contributed by atoms with Crippen molar-refractivity contribution in [1.29, 1.82) is 0 Å². The van der Waals surface area contributed by atoms with Crippen molar-refractivity contribution in [2.75, 3.05) is 19.6 Å². The zero-order valence-corrected chi connectivity index (χ0v) is 19.2. The van der Waals surface area contributed by atoms with Crippen molar-refractivity contribution in [3.05, 3.63) is 65.2 Å². The molecule has 0 aromatic heterocycles. The predicted molar refractivity (Wildman–Crippen MR) is 124 cm³/mol. The minimum Gasteiger partial charge on any atom is -0.435 e. The topological polar surface area (TPSA) is 105 Å². The van der Waals surface area contributed by atoms with Crippen LogP contribution in [0, 0.1) is 0 Å². The first-order valence-electron chi connectivity index (χ1n) is 11.6. The summed E-state index contributed by atoms with van der Waals surface area (Å²) in [6.45, 7) is -0.719. The van der Waals surface area contributed by atoms with Crippen molar-refractivity contribution in [1.82, 2.24) is 15.1 Å². The number of urea groups is 1. The Bertz CT molecular complexity index is 1090. The number of rotatable bonds is 9. The lowest BCUT2D eigenvalue weighted by molar-refractivity contribution is -0.133. The van der Waals surface area contributed by atoms with Crippen LogP contribution < -0.4 is 15.8 Å². The maximum Gasteiger partial charge on any atom is 0.387 e. The Labute approximate surface area is 202 Å². The number of carbonyl (C=O) groups excluding carboxylic acids is 3. The van der Waals surface area contributed by atoms with Gasteiger partial charge >= 0.3 is 12.6 Å². The van der Waals surface area contributed by atoms with E-state index in [0.29, 0.717) is 37.1 Å². The summed E-state index contributed by atoms with van der Waals surface area (Å²) < 4.78 is 29.0. The lowest BCUT2D eigenvalue weighted by Crippen LogP contribution is -2.55. The Morgan fingerprint density at radius 1 is 1.09 bits per heavy atom.